The molecule has 4 atom stereocenters. The molecule has 0 aromatic rings. The van der Waals surface area contributed by atoms with Crippen molar-refractivity contribution in [2.24, 2.45) is 0 Å². The van der Waals surface area contributed by atoms with Gasteiger partial charge in [-0.25, -0.2) is 0 Å². The summed E-state index contributed by atoms with van der Waals surface area (Å²) in [6, 6.07) is 0. The molecule has 0 saturated carbocycles. The molecule has 7 nitrogen and oxygen atoms in total. The zero-order valence-electron chi connectivity index (χ0n) is 16.5. The Labute approximate surface area is 162 Å². The van der Waals surface area contributed by atoms with Crippen molar-refractivity contribution >= 4 is 11.8 Å². The van der Waals surface area contributed by atoms with Gasteiger partial charge in [-0.2, -0.15) is 0 Å². The average Bonchev–Trinajstić information content (AvgIpc) is 2.59. The van der Waals surface area contributed by atoms with Crippen LogP contribution in [0.4, 0.5) is 0 Å². The van der Waals surface area contributed by atoms with Crippen LogP contribution in [0.5, 0.6) is 0 Å². The van der Waals surface area contributed by atoms with E-state index in [0.717, 1.165) is 44.9 Å². The molecular formula is C20H36O7. The van der Waals surface area contributed by atoms with Crippen LogP contribution < -0.4 is 0 Å². The summed E-state index contributed by atoms with van der Waals surface area (Å²) in [7, 11) is 0. The van der Waals surface area contributed by atoms with Crippen molar-refractivity contribution in [1.29, 1.82) is 0 Å². The maximum absolute atomic E-state index is 11.2. The molecular weight excluding hydrogens is 352 g/mol. The molecule has 0 aliphatic carbocycles. The summed E-state index contributed by atoms with van der Waals surface area (Å²) in [5.41, 5.74) is 0. The predicted octanol–water partition coefficient (Wildman–Crippen LogP) is 2.80. The van der Waals surface area contributed by atoms with E-state index in [1.54, 1.807) is 6.92 Å². The average molecular weight is 389 g/mol. The molecule has 0 unspecified atom stereocenters. The molecule has 0 radical (unpaired) electrons. The first-order valence-corrected chi connectivity index (χ1v) is 10.3. The van der Waals surface area contributed by atoms with Crippen molar-refractivity contribution in [2.45, 2.75) is 109 Å². The topological polar surface area (TPSA) is 113 Å². The maximum Gasteiger partial charge on any atom is 0.310 e. The Balaban J connectivity index is 1.85. The number of carboxylic acid groups (broad SMARTS) is 1. The van der Waals surface area contributed by atoms with E-state index in [1.807, 2.05) is 0 Å². The monoisotopic (exact) mass is 388 g/mol. The first-order chi connectivity index (χ1) is 12.9. The summed E-state index contributed by atoms with van der Waals surface area (Å²) >= 11 is 0. The largest absolute Gasteiger partial charge is 0.481 e. The molecule has 0 amide bonds. The van der Waals surface area contributed by atoms with E-state index in [9.17, 15) is 19.8 Å². The number of aliphatic carboxylic acids is 1. The molecule has 3 N–H and O–H groups in total. The van der Waals surface area contributed by atoms with E-state index in [4.69, 9.17) is 14.6 Å². The van der Waals surface area contributed by atoms with Gasteiger partial charge >= 0.3 is 5.97 Å². The molecule has 0 spiro atoms. The van der Waals surface area contributed by atoms with E-state index in [1.165, 1.54) is 12.8 Å². The number of hydrogen-bond acceptors (Lipinski definition) is 6. The molecule has 1 heterocycles. The fourth-order valence-corrected chi connectivity index (χ4v) is 3.21. The first kappa shape index (κ1) is 24.0. The number of hydrogen-bond donors (Lipinski definition) is 3. The normalized spacial score (nSPS) is 25.4. The van der Waals surface area contributed by atoms with Crippen LogP contribution in [0.25, 0.3) is 0 Å². The molecule has 1 saturated heterocycles. The van der Waals surface area contributed by atoms with Gasteiger partial charge in [-0.1, -0.05) is 44.9 Å². The number of ether oxygens (including phenoxy) is 2. The van der Waals surface area contributed by atoms with Crippen LogP contribution in [0.15, 0.2) is 0 Å². The summed E-state index contributed by atoms with van der Waals surface area (Å²) < 4.78 is 11.0. The fourth-order valence-electron chi connectivity index (χ4n) is 3.21. The third-order valence-corrected chi connectivity index (χ3v) is 4.92. The third kappa shape index (κ3) is 11.4. The first-order valence-electron chi connectivity index (χ1n) is 10.3. The number of aliphatic hydroxyl groups excluding tert-OH is 2. The summed E-state index contributed by atoms with van der Waals surface area (Å²) in [4.78, 5) is 21.6. The molecule has 1 aliphatic rings. The number of unbranched alkanes of at least 4 members (excludes halogenated alkanes) is 8. The van der Waals surface area contributed by atoms with Crippen molar-refractivity contribution < 1.29 is 34.4 Å². The smallest absolute Gasteiger partial charge is 0.310 e. The number of carbonyl (C=O) groups excluding carboxylic acids is 1. The zero-order chi connectivity index (χ0) is 20.1. The van der Waals surface area contributed by atoms with Crippen molar-refractivity contribution in [3.8, 4) is 0 Å². The highest BCUT2D eigenvalue weighted by Gasteiger charge is 2.34. The van der Waals surface area contributed by atoms with E-state index in [0.29, 0.717) is 19.4 Å². The summed E-state index contributed by atoms with van der Waals surface area (Å²) in [6.45, 7) is 2.33. The van der Waals surface area contributed by atoms with Crippen LogP contribution in [-0.2, 0) is 19.1 Å². The lowest BCUT2D eigenvalue weighted by molar-refractivity contribution is -0.261. The number of aliphatic hydroxyl groups is 2. The van der Waals surface area contributed by atoms with E-state index in [-0.39, 0.29) is 18.3 Å². The SMILES string of the molecule is C[C@@H]1O[C@@H](OCCCCCCCCCCCC(=O)CC(=O)O)[C@H](O)C[C@H]1O. The van der Waals surface area contributed by atoms with Crippen molar-refractivity contribution in [3.63, 3.8) is 0 Å². The van der Waals surface area contributed by atoms with E-state index >= 15 is 0 Å². The lowest BCUT2D eigenvalue weighted by atomic mass is 10.0. The van der Waals surface area contributed by atoms with Gasteiger partial charge in [-0.05, 0) is 19.8 Å². The molecule has 158 valence electrons. The molecule has 27 heavy (non-hydrogen) atoms. The fraction of sp³-hybridized carbons (Fsp3) is 0.900. The lowest BCUT2D eigenvalue weighted by Crippen LogP contribution is -2.47. The number of ketones is 1. The van der Waals surface area contributed by atoms with Crippen molar-refractivity contribution in [1.82, 2.24) is 0 Å². The Morgan fingerprint density at radius 3 is 2.07 bits per heavy atom. The van der Waals surface area contributed by atoms with E-state index < -0.39 is 24.5 Å². The lowest BCUT2D eigenvalue weighted by Gasteiger charge is -2.35. The Morgan fingerprint density at radius 1 is 0.926 bits per heavy atom. The molecule has 1 fully saturated rings. The summed E-state index contributed by atoms with van der Waals surface area (Å²) in [6.07, 6.45) is 7.46. The van der Waals surface area contributed by atoms with Gasteiger partial charge in [0.2, 0.25) is 0 Å². The highest BCUT2D eigenvalue weighted by atomic mass is 16.7. The standard InChI is InChI=1S/C20H36O7/c1-15-17(22)14-18(23)20(27-15)26-12-10-8-6-4-2-3-5-7-9-11-16(21)13-19(24)25/h15,17-18,20,22-23H,2-14H2,1H3,(H,24,25)/t15-,17+,18+,20+/m0/s1. The van der Waals surface area contributed by atoms with Gasteiger partial charge in [0.15, 0.2) is 6.29 Å². The molecule has 1 rings (SSSR count). The van der Waals surface area contributed by atoms with Gasteiger partial charge in [0.1, 0.15) is 18.3 Å². The second-order valence-corrected chi connectivity index (χ2v) is 7.49. The van der Waals surface area contributed by atoms with Gasteiger partial charge in [-0.15, -0.1) is 0 Å². The molecule has 0 aromatic heterocycles. The zero-order valence-corrected chi connectivity index (χ0v) is 16.5. The minimum absolute atomic E-state index is 0.179. The predicted molar refractivity (Wildman–Crippen MR) is 100 cm³/mol. The summed E-state index contributed by atoms with van der Waals surface area (Å²) in [5.74, 6) is -1.22. The van der Waals surface area contributed by atoms with Crippen LogP contribution in [0.3, 0.4) is 0 Å². The van der Waals surface area contributed by atoms with Crippen LogP contribution >= 0.6 is 0 Å². The van der Waals surface area contributed by atoms with Crippen LogP contribution in [0.2, 0.25) is 0 Å². The van der Waals surface area contributed by atoms with Gasteiger partial charge in [-0.3, -0.25) is 9.59 Å². The van der Waals surface area contributed by atoms with Gasteiger partial charge in [0.05, 0.1) is 12.2 Å². The Hall–Kier alpha value is -1.02. The van der Waals surface area contributed by atoms with E-state index in [2.05, 4.69) is 0 Å². The van der Waals surface area contributed by atoms with Crippen molar-refractivity contribution in [2.75, 3.05) is 6.61 Å². The van der Waals surface area contributed by atoms with Gasteiger partial charge in [0.25, 0.3) is 0 Å². The Morgan fingerprint density at radius 2 is 1.48 bits per heavy atom. The molecule has 7 heteroatoms. The number of rotatable bonds is 15. The highest BCUT2D eigenvalue weighted by molar-refractivity contribution is 5.94. The Bertz CT molecular complexity index is 427. The van der Waals surface area contributed by atoms with Crippen LogP contribution in [-0.4, -0.2) is 58.3 Å². The minimum atomic E-state index is -1.04. The molecule has 0 aromatic carbocycles. The maximum atomic E-state index is 11.2. The number of carboxylic acids is 1. The highest BCUT2D eigenvalue weighted by Crippen LogP contribution is 2.21. The summed E-state index contributed by atoms with van der Waals surface area (Å²) in [5, 5.41) is 27.9. The van der Waals surface area contributed by atoms with Crippen LogP contribution in [0, 0.1) is 0 Å². The van der Waals surface area contributed by atoms with Crippen molar-refractivity contribution in [3.05, 3.63) is 0 Å². The second-order valence-electron chi connectivity index (χ2n) is 7.49. The number of carbonyl (C=O) groups is 2. The molecule has 0 bridgehead atoms. The molecule has 1 aliphatic heterocycles. The van der Waals surface area contributed by atoms with Gasteiger partial charge < -0.3 is 24.8 Å². The third-order valence-electron chi connectivity index (χ3n) is 4.92. The quantitative estimate of drug-likeness (QED) is 0.292. The minimum Gasteiger partial charge on any atom is -0.481 e. The van der Waals surface area contributed by atoms with Crippen LogP contribution in [0.1, 0.15) is 84.0 Å². The number of Topliss-reactive ketones (excluding diaryl/α,β-unsaturated/α-hetero) is 1. The Kier molecular flexibility index (Phi) is 12.5. The van der Waals surface area contributed by atoms with Gasteiger partial charge in [0, 0.05) is 19.4 Å². The second kappa shape index (κ2) is 14.0.